The Kier molecular flexibility index (Phi) is 6.13. The maximum absolute atomic E-state index is 14.0. The first-order valence-electron chi connectivity index (χ1n) is 7.47. The van der Waals surface area contributed by atoms with E-state index >= 15 is 0 Å². The number of halogens is 3. The molecule has 3 rings (SSSR count). The first-order chi connectivity index (χ1) is 12.6. The van der Waals surface area contributed by atoms with Gasteiger partial charge in [-0.25, -0.2) is 8.78 Å². The average molecular weight is 553 g/mol. The van der Waals surface area contributed by atoms with Gasteiger partial charge in [0.2, 0.25) is 3.35 Å². The summed E-state index contributed by atoms with van der Waals surface area (Å²) in [7, 11) is 9.57. The smallest absolute Gasteiger partial charge is 0.286 e. The molecule has 0 saturated heterocycles. The van der Waals surface area contributed by atoms with Crippen molar-refractivity contribution < 1.29 is 18.3 Å². The Hall–Kier alpha value is -0.420. The number of hydrogen-bond donors (Lipinski definition) is 0. The summed E-state index contributed by atoms with van der Waals surface area (Å²) in [6, 6.07) is 4.57. The standard InChI is InChI=1S/C17H14F2INO2P4/c1-2-3-21-10-5-7(8-4-9(18)13(19)15(26)14(8)25)12(24)6-11(10)23-17(20,27)16(21)22/h1,4-6H,3,24-27H2. The van der Waals surface area contributed by atoms with E-state index in [2.05, 4.69) is 42.9 Å². The monoisotopic (exact) mass is 553 g/mol. The van der Waals surface area contributed by atoms with Crippen molar-refractivity contribution in [2.24, 2.45) is 0 Å². The summed E-state index contributed by atoms with van der Waals surface area (Å²) >= 11 is 1.89. The highest BCUT2D eigenvalue weighted by molar-refractivity contribution is 14.1. The molecule has 3 nitrogen and oxygen atoms in total. The molecular formula is C17H14F2INO2P4. The lowest BCUT2D eigenvalue weighted by Gasteiger charge is -2.37. The lowest BCUT2D eigenvalue weighted by atomic mass is 10.0. The largest absolute Gasteiger partial charge is 0.462 e. The summed E-state index contributed by atoms with van der Waals surface area (Å²) < 4.78 is 32.5. The molecule has 0 aromatic heterocycles. The zero-order chi connectivity index (χ0) is 20.1. The minimum absolute atomic E-state index is 0.0599. The molecule has 0 aliphatic carbocycles. The summed E-state index contributed by atoms with van der Waals surface area (Å²) in [6.07, 6.45) is 5.43. The molecule has 5 unspecified atom stereocenters. The fourth-order valence-electron chi connectivity index (χ4n) is 2.74. The molecule has 10 heteroatoms. The Morgan fingerprint density at radius 3 is 2.48 bits per heavy atom. The molecule has 1 aliphatic heterocycles. The third kappa shape index (κ3) is 3.75. The van der Waals surface area contributed by atoms with Gasteiger partial charge >= 0.3 is 0 Å². The van der Waals surface area contributed by atoms with Crippen LogP contribution in [0.15, 0.2) is 18.2 Å². The molecule has 1 heterocycles. The van der Waals surface area contributed by atoms with Gasteiger partial charge in [-0.1, -0.05) is 15.2 Å². The molecule has 0 saturated carbocycles. The third-order valence-corrected chi connectivity index (χ3v) is 7.10. The fourth-order valence-corrected chi connectivity index (χ4v) is 4.60. The molecule has 27 heavy (non-hydrogen) atoms. The maximum atomic E-state index is 14.0. The van der Waals surface area contributed by atoms with E-state index in [1.165, 1.54) is 4.90 Å². The van der Waals surface area contributed by atoms with E-state index < -0.39 is 15.0 Å². The maximum Gasteiger partial charge on any atom is 0.286 e. The van der Waals surface area contributed by atoms with E-state index in [0.717, 1.165) is 6.07 Å². The zero-order valence-electron chi connectivity index (χ0n) is 13.7. The Balaban J connectivity index is 2.26. The number of amides is 1. The van der Waals surface area contributed by atoms with Gasteiger partial charge in [-0.05, 0) is 62.5 Å². The van der Waals surface area contributed by atoms with Crippen LogP contribution in [-0.2, 0) is 4.79 Å². The minimum atomic E-state index is -1.17. The van der Waals surface area contributed by atoms with Crippen LogP contribution in [0.3, 0.4) is 0 Å². The van der Waals surface area contributed by atoms with Crippen LogP contribution in [0.1, 0.15) is 0 Å². The van der Waals surface area contributed by atoms with Gasteiger partial charge < -0.3 is 4.74 Å². The predicted octanol–water partition coefficient (Wildman–Crippen LogP) is 2.46. The second-order valence-corrected chi connectivity index (χ2v) is 11.2. The van der Waals surface area contributed by atoms with E-state index in [4.69, 9.17) is 11.2 Å². The minimum Gasteiger partial charge on any atom is -0.462 e. The highest BCUT2D eigenvalue weighted by Gasteiger charge is 2.43. The first-order valence-corrected chi connectivity index (χ1v) is 10.9. The molecular weight excluding hydrogens is 539 g/mol. The van der Waals surface area contributed by atoms with Crippen LogP contribution in [-0.4, -0.2) is 15.8 Å². The molecule has 1 amide bonds. The number of terminal acetylenes is 1. The number of hydrogen-bond acceptors (Lipinski definition) is 2. The van der Waals surface area contributed by atoms with Crippen molar-refractivity contribution in [2.45, 2.75) is 3.35 Å². The molecule has 140 valence electrons. The number of benzene rings is 2. The van der Waals surface area contributed by atoms with Crippen LogP contribution in [0.25, 0.3) is 11.1 Å². The van der Waals surface area contributed by atoms with Crippen molar-refractivity contribution >= 4 is 87.1 Å². The fraction of sp³-hybridized carbons (Fsp3) is 0.118. The number of carbonyl (C=O) groups is 1. The van der Waals surface area contributed by atoms with Crippen molar-refractivity contribution in [3.8, 4) is 29.2 Å². The molecule has 0 N–H and O–H groups in total. The van der Waals surface area contributed by atoms with Crippen LogP contribution >= 0.6 is 59.6 Å². The van der Waals surface area contributed by atoms with E-state index in [-0.39, 0.29) is 17.8 Å². The van der Waals surface area contributed by atoms with Gasteiger partial charge in [-0.2, -0.15) is 0 Å². The number of fused-ring (bicyclic) bond motifs is 1. The van der Waals surface area contributed by atoms with Gasteiger partial charge in [0.25, 0.3) is 5.91 Å². The number of ether oxygens (including phenoxy) is 1. The zero-order valence-corrected chi connectivity index (χ0v) is 20.5. The molecule has 0 bridgehead atoms. The van der Waals surface area contributed by atoms with Crippen molar-refractivity contribution in [2.75, 3.05) is 11.4 Å². The van der Waals surface area contributed by atoms with Crippen molar-refractivity contribution in [1.29, 1.82) is 0 Å². The van der Waals surface area contributed by atoms with Gasteiger partial charge in [-0.3, -0.25) is 9.69 Å². The number of alkyl halides is 1. The second-order valence-electron chi connectivity index (χ2n) is 5.80. The van der Waals surface area contributed by atoms with Gasteiger partial charge in [0.1, 0.15) is 5.75 Å². The van der Waals surface area contributed by atoms with Gasteiger partial charge in [0, 0.05) is 5.30 Å². The number of carbonyl (C=O) groups excluding carboxylic acids is 1. The van der Waals surface area contributed by atoms with E-state index in [1.54, 1.807) is 12.1 Å². The lowest BCUT2D eigenvalue weighted by Crippen LogP contribution is -2.49. The number of rotatable bonds is 2. The Morgan fingerprint density at radius 2 is 1.85 bits per heavy atom. The average Bonchev–Trinajstić information content (AvgIpc) is 2.60. The molecule has 2 aromatic carbocycles. The van der Waals surface area contributed by atoms with E-state index in [1.807, 2.05) is 22.6 Å². The SMILES string of the molecule is C#CCN1C(=O)C(P)(I)Oc2cc(P)c(-c3cc(F)c(F)c(P)c3P)cc21. The molecule has 5 atom stereocenters. The third-order valence-electron chi connectivity index (χ3n) is 4.05. The van der Waals surface area contributed by atoms with Gasteiger partial charge in [-0.15, -0.1) is 34.1 Å². The van der Waals surface area contributed by atoms with Crippen LogP contribution in [0.2, 0.25) is 0 Å². The number of nitrogens with zero attached hydrogens (tertiary/aromatic N) is 1. The summed E-state index contributed by atoms with van der Waals surface area (Å²) in [5, 5.41) is 1.34. The predicted molar refractivity (Wildman–Crippen MR) is 128 cm³/mol. The summed E-state index contributed by atoms with van der Waals surface area (Å²) in [6.45, 7) is 0.0599. The summed E-state index contributed by atoms with van der Waals surface area (Å²) in [5.41, 5.74) is 1.59. The lowest BCUT2D eigenvalue weighted by molar-refractivity contribution is -0.123. The topological polar surface area (TPSA) is 29.5 Å². The molecule has 1 aliphatic rings. The normalized spacial score (nSPS) is 18.7. The molecule has 2 aromatic rings. The second kappa shape index (κ2) is 7.78. The van der Waals surface area contributed by atoms with Crippen LogP contribution in [0.4, 0.5) is 14.5 Å². The van der Waals surface area contributed by atoms with Crippen LogP contribution < -0.4 is 25.6 Å². The Labute approximate surface area is 178 Å². The quantitative estimate of drug-likeness (QED) is 0.248. The van der Waals surface area contributed by atoms with Crippen molar-refractivity contribution in [1.82, 2.24) is 0 Å². The first kappa shape index (κ1) is 21.3. The van der Waals surface area contributed by atoms with Crippen LogP contribution in [0.5, 0.6) is 5.75 Å². The highest BCUT2D eigenvalue weighted by atomic mass is 127. The number of anilines is 1. The molecule has 0 radical (unpaired) electrons. The van der Waals surface area contributed by atoms with Crippen molar-refractivity contribution in [3.63, 3.8) is 0 Å². The molecule has 0 fully saturated rings. The summed E-state index contributed by atoms with van der Waals surface area (Å²) in [5.74, 6) is 0.764. The van der Waals surface area contributed by atoms with Crippen molar-refractivity contribution in [3.05, 3.63) is 29.8 Å². The van der Waals surface area contributed by atoms with Crippen LogP contribution in [0, 0.1) is 24.0 Å². The highest BCUT2D eigenvalue weighted by Crippen LogP contribution is 2.45. The van der Waals surface area contributed by atoms with Gasteiger partial charge in [0.15, 0.2) is 11.6 Å². The van der Waals surface area contributed by atoms with E-state index in [0.29, 0.717) is 33.2 Å². The Bertz CT molecular complexity index is 1020. The van der Waals surface area contributed by atoms with Gasteiger partial charge in [0.05, 0.1) is 12.2 Å². The Morgan fingerprint density at radius 1 is 1.19 bits per heavy atom. The molecule has 0 spiro atoms. The summed E-state index contributed by atoms with van der Waals surface area (Å²) in [4.78, 5) is 14.1. The van der Waals surface area contributed by atoms with E-state index in [9.17, 15) is 13.6 Å².